The molecule has 0 saturated heterocycles. The molecule has 0 aliphatic heterocycles. The van der Waals surface area contributed by atoms with E-state index in [-0.39, 0.29) is 16.6 Å². The van der Waals surface area contributed by atoms with Gasteiger partial charge in [0, 0.05) is 12.1 Å². The molecule has 0 fully saturated rings. The number of carbonyl (C=O) groups excluding carboxylic acids is 1. The first-order valence-corrected chi connectivity index (χ1v) is 9.41. The van der Waals surface area contributed by atoms with Crippen LogP contribution in [-0.2, 0) is 4.79 Å². The molecule has 7 nitrogen and oxygen atoms in total. The molecule has 10 heteroatoms. The van der Waals surface area contributed by atoms with E-state index < -0.39 is 10.2 Å². The van der Waals surface area contributed by atoms with Gasteiger partial charge in [0.15, 0.2) is 4.34 Å². The summed E-state index contributed by atoms with van der Waals surface area (Å²) in [7, 11) is 0. The van der Waals surface area contributed by atoms with Crippen LogP contribution in [0.1, 0.15) is 10.8 Å². The van der Waals surface area contributed by atoms with Crippen LogP contribution in [0.15, 0.2) is 58.4 Å². The summed E-state index contributed by atoms with van der Waals surface area (Å²) in [6.07, 6.45) is 0. The number of halogens is 1. The summed E-state index contributed by atoms with van der Waals surface area (Å²) in [5.74, 6) is -0.313. The molecular weight excluding hydrogens is 396 g/mol. The molecule has 1 N–H and O–H groups in total. The third-order valence-electron chi connectivity index (χ3n) is 3.32. The summed E-state index contributed by atoms with van der Waals surface area (Å²) in [5.41, 5.74) is 2.55. The van der Waals surface area contributed by atoms with E-state index in [1.165, 1.54) is 41.3 Å². The van der Waals surface area contributed by atoms with Gasteiger partial charge in [0.05, 0.1) is 15.6 Å². The number of amides is 1. The minimum absolute atomic E-state index is 0.0975. The lowest BCUT2D eigenvalue weighted by molar-refractivity contribution is -0.384. The monoisotopic (exact) mass is 406 g/mol. The van der Waals surface area contributed by atoms with Crippen LogP contribution >= 0.6 is 34.7 Å². The molecular formula is C16H11ClN4O3S2. The molecule has 1 heterocycles. The number of hydrogen-bond donors (Lipinski definition) is 1. The Labute approximate surface area is 161 Å². The standard InChI is InChI=1S/C16H11ClN4O3S2/c17-12-8-11(21(23)24)6-7-13(12)19-15(22)14(10-4-2-1-3-5-10)26-16-20-18-9-25-16/h1-9,14H,(H,19,22)/t14-/m1/s1. The van der Waals surface area contributed by atoms with Gasteiger partial charge in [-0.25, -0.2) is 0 Å². The number of nitro benzene ring substituents is 1. The number of nitrogens with zero attached hydrogens (tertiary/aromatic N) is 3. The van der Waals surface area contributed by atoms with E-state index >= 15 is 0 Å². The maximum absolute atomic E-state index is 12.8. The van der Waals surface area contributed by atoms with Crippen molar-refractivity contribution in [3.63, 3.8) is 0 Å². The SMILES string of the molecule is O=C(Nc1ccc([N+](=O)[O-])cc1Cl)[C@H](Sc1nncs1)c1ccccc1. The number of non-ortho nitro benzene ring substituents is 1. The third kappa shape index (κ3) is 4.37. The second kappa shape index (κ2) is 8.26. The predicted molar refractivity (Wildman–Crippen MR) is 102 cm³/mol. The van der Waals surface area contributed by atoms with Gasteiger partial charge in [-0.1, -0.05) is 65.0 Å². The Hall–Kier alpha value is -2.49. The molecule has 0 bridgehead atoms. The number of anilines is 1. The molecule has 3 rings (SSSR count). The van der Waals surface area contributed by atoms with Crippen molar-refractivity contribution in [3.05, 3.63) is 74.7 Å². The van der Waals surface area contributed by atoms with E-state index in [0.717, 1.165) is 5.56 Å². The Kier molecular flexibility index (Phi) is 5.82. The van der Waals surface area contributed by atoms with Crippen LogP contribution in [0.4, 0.5) is 11.4 Å². The molecule has 1 amide bonds. The van der Waals surface area contributed by atoms with Gasteiger partial charge >= 0.3 is 0 Å². The average molecular weight is 407 g/mol. The van der Waals surface area contributed by atoms with E-state index in [1.54, 1.807) is 5.51 Å². The zero-order valence-corrected chi connectivity index (χ0v) is 15.4. The van der Waals surface area contributed by atoms with Crippen molar-refractivity contribution in [1.82, 2.24) is 10.2 Å². The minimum atomic E-state index is -0.574. The van der Waals surface area contributed by atoms with Crippen LogP contribution in [0.25, 0.3) is 0 Å². The molecule has 2 aromatic carbocycles. The fraction of sp³-hybridized carbons (Fsp3) is 0.0625. The lowest BCUT2D eigenvalue weighted by Gasteiger charge is -2.16. The van der Waals surface area contributed by atoms with Crippen LogP contribution in [0.5, 0.6) is 0 Å². The summed E-state index contributed by atoms with van der Waals surface area (Å²) >= 11 is 8.67. The van der Waals surface area contributed by atoms with E-state index in [2.05, 4.69) is 15.5 Å². The Morgan fingerprint density at radius 1 is 1.27 bits per heavy atom. The number of nitrogens with one attached hydrogen (secondary N) is 1. The number of carbonyl (C=O) groups is 1. The highest BCUT2D eigenvalue weighted by molar-refractivity contribution is 8.01. The Bertz CT molecular complexity index is 923. The Balaban J connectivity index is 1.85. The molecule has 0 saturated carbocycles. The topological polar surface area (TPSA) is 98.0 Å². The van der Waals surface area contributed by atoms with Gasteiger partial charge in [-0.15, -0.1) is 10.2 Å². The quantitative estimate of drug-likeness (QED) is 0.365. The Morgan fingerprint density at radius 3 is 2.65 bits per heavy atom. The fourth-order valence-corrected chi connectivity index (χ4v) is 4.03. The van der Waals surface area contributed by atoms with E-state index in [9.17, 15) is 14.9 Å². The highest BCUT2D eigenvalue weighted by Crippen LogP contribution is 2.37. The Morgan fingerprint density at radius 2 is 2.04 bits per heavy atom. The van der Waals surface area contributed by atoms with Crippen molar-refractivity contribution in [2.45, 2.75) is 9.59 Å². The van der Waals surface area contributed by atoms with Gasteiger partial charge in [0.2, 0.25) is 5.91 Å². The normalized spacial score (nSPS) is 11.7. The second-order valence-electron chi connectivity index (χ2n) is 5.02. The third-order valence-corrected chi connectivity index (χ3v) is 5.70. The van der Waals surface area contributed by atoms with Gasteiger partial charge in [-0.05, 0) is 11.6 Å². The first kappa shape index (κ1) is 18.3. The predicted octanol–water partition coefficient (Wildman–Crippen LogP) is 4.57. The van der Waals surface area contributed by atoms with Crippen molar-refractivity contribution in [1.29, 1.82) is 0 Å². The number of thioether (sulfide) groups is 1. The molecule has 0 aliphatic rings. The molecule has 0 unspecified atom stereocenters. The summed E-state index contributed by atoms with van der Waals surface area (Å²) in [6, 6.07) is 13.1. The lowest BCUT2D eigenvalue weighted by Crippen LogP contribution is -2.19. The summed E-state index contributed by atoms with van der Waals surface area (Å²) in [4.78, 5) is 23.1. The van der Waals surface area contributed by atoms with Gasteiger partial charge in [0.25, 0.3) is 5.69 Å². The zero-order chi connectivity index (χ0) is 18.5. The van der Waals surface area contributed by atoms with Crippen molar-refractivity contribution in [2.24, 2.45) is 0 Å². The summed E-state index contributed by atoms with van der Waals surface area (Å²) in [6.45, 7) is 0. The fourth-order valence-electron chi connectivity index (χ4n) is 2.13. The molecule has 26 heavy (non-hydrogen) atoms. The van der Waals surface area contributed by atoms with E-state index in [0.29, 0.717) is 10.0 Å². The van der Waals surface area contributed by atoms with Crippen LogP contribution in [-0.4, -0.2) is 21.0 Å². The van der Waals surface area contributed by atoms with Gasteiger partial charge in [-0.2, -0.15) is 0 Å². The zero-order valence-electron chi connectivity index (χ0n) is 13.0. The van der Waals surface area contributed by atoms with Gasteiger partial charge in [-0.3, -0.25) is 14.9 Å². The summed E-state index contributed by atoms with van der Waals surface area (Å²) < 4.78 is 0.656. The number of nitro groups is 1. The maximum atomic E-state index is 12.8. The second-order valence-corrected chi connectivity index (χ2v) is 7.62. The average Bonchev–Trinajstić information content (AvgIpc) is 3.15. The van der Waals surface area contributed by atoms with Crippen molar-refractivity contribution in [2.75, 3.05) is 5.32 Å². The highest BCUT2D eigenvalue weighted by atomic mass is 35.5. The van der Waals surface area contributed by atoms with E-state index in [4.69, 9.17) is 11.6 Å². The lowest BCUT2D eigenvalue weighted by atomic mass is 10.1. The number of rotatable bonds is 6. The molecule has 0 radical (unpaired) electrons. The first-order chi connectivity index (χ1) is 12.5. The first-order valence-electron chi connectivity index (χ1n) is 7.27. The summed E-state index contributed by atoms with van der Waals surface area (Å²) in [5, 5.41) is 20.8. The van der Waals surface area contributed by atoms with Gasteiger partial charge < -0.3 is 5.32 Å². The number of benzene rings is 2. The molecule has 3 aromatic rings. The van der Waals surface area contributed by atoms with Crippen LogP contribution in [0, 0.1) is 10.1 Å². The largest absolute Gasteiger partial charge is 0.323 e. The number of hydrogen-bond acceptors (Lipinski definition) is 7. The molecule has 0 spiro atoms. The minimum Gasteiger partial charge on any atom is -0.323 e. The molecule has 0 aliphatic carbocycles. The van der Waals surface area contributed by atoms with Crippen molar-refractivity contribution in [3.8, 4) is 0 Å². The molecule has 1 atom stereocenters. The van der Waals surface area contributed by atoms with Crippen molar-refractivity contribution >= 4 is 52.0 Å². The number of aromatic nitrogens is 2. The highest BCUT2D eigenvalue weighted by Gasteiger charge is 2.24. The van der Waals surface area contributed by atoms with Crippen LogP contribution in [0.3, 0.4) is 0 Å². The van der Waals surface area contributed by atoms with Gasteiger partial charge in [0.1, 0.15) is 10.8 Å². The smallest absolute Gasteiger partial charge is 0.271 e. The van der Waals surface area contributed by atoms with E-state index in [1.807, 2.05) is 30.3 Å². The molecule has 1 aromatic heterocycles. The van der Waals surface area contributed by atoms with Crippen molar-refractivity contribution < 1.29 is 9.72 Å². The van der Waals surface area contributed by atoms with Crippen LogP contribution < -0.4 is 5.32 Å². The van der Waals surface area contributed by atoms with Crippen LogP contribution in [0.2, 0.25) is 5.02 Å². The maximum Gasteiger partial charge on any atom is 0.271 e. The molecule has 132 valence electrons.